The Morgan fingerprint density at radius 1 is 1.15 bits per heavy atom. The summed E-state index contributed by atoms with van der Waals surface area (Å²) in [5.41, 5.74) is 5.36. The molecule has 2 aromatic rings. The molecule has 0 amide bonds. The first kappa shape index (κ1) is 19.0. The molecule has 4 heteroatoms. The van der Waals surface area contributed by atoms with E-state index < -0.39 is 0 Å². The van der Waals surface area contributed by atoms with Crippen molar-refractivity contribution in [2.75, 3.05) is 25.7 Å². The molecule has 0 atom stereocenters. The van der Waals surface area contributed by atoms with Gasteiger partial charge in [0.25, 0.3) is 0 Å². The van der Waals surface area contributed by atoms with Gasteiger partial charge in [0.15, 0.2) is 0 Å². The lowest BCUT2D eigenvalue weighted by molar-refractivity contribution is 0.341. The molecule has 0 spiro atoms. The Balaban J connectivity index is 2.04. The maximum atomic E-state index is 5.67. The smallest absolute Gasteiger partial charge is 0.144 e. The second kappa shape index (κ2) is 7.47. The molecule has 2 aromatic carbocycles. The number of rotatable bonds is 5. The van der Waals surface area contributed by atoms with Gasteiger partial charge < -0.3 is 14.4 Å². The quantitative estimate of drug-likeness (QED) is 0.659. The Bertz CT molecular complexity index is 897. The summed E-state index contributed by atoms with van der Waals surface area (Å²) in [4.78, 5) is 6.94. The van der Waals surface area contributed by atoms with E-state index in [1.54, 1.807) is 7.11 Å². The minimum absolute atomic E-state index is 0.0336. The molecular formula is C23H28N2O2. The van der Waals surface area contributed by atoms with Gasteiger partial charge in [0.05, 0.1) is 19.3 Å². The molecular weight excluding hydrogens is 336 g/mol. The van der Waals surface area contributed by atoms with Crippen LogP contribution in [0.2, 0.25) is 0 Å². The minimum Gasteiger partial charge on any atom is -0.496 e. The van der Waals surface area contributed by atoms with E-state index in [1.807, 2.05) is 37.4 Å². The molecule has 0 aromatic heterocycles. The van der Waals surface area contributed by atoms with E-state index in [9.17, 15) is 0 Å². The third-order valence-corrected chi connectivity index (χ3v) is 5.08. The molecule has 3 rings (SSSR count). The number of nitrogens with zero attached hydrogens (tertiary/aromatic N) is 2. The summed E-state index contributed by atoms with van der Waals surface area (Å²) in [6, 6.07) is 12.1. The number of aliphatic imine (C=N–C) groups is 1. The molecule has 0 bridgehead atoms. The Labute approximate surface area is 162 Å². The molecule has 0 radical (unpaired) electrons. The first-order valence-electron chi connectivity index (χ1n) is 9.29. The number of fused-ring (bicyclic) bond motifs is 1. The molecule has 0 saturated carbocycles. The number of benzene rings is 2. The lowest BCUT2D eigenvalue weighted by Gasteiger charge is -2.40. The van der Waals surface area contributed by atoms with Crippen LogP contribution in [0.15, 0.2) is 47.5 Å². The molecule has 142 valence electrons. The summed E-state index contributed by atoms with van der Waals surface area (Å²) < 4.78 is 11.3. The van der Waals surface area contributed by atoms with Crippen molar-refractivity contribution in [3.63, 3.8) is 0 Å². The molecule has 1 aliphatic rings. The number of methoxy groups -OCH3 is 1. The predicted molar refractivity (Wildman–Crippen MR) is 114 cm³/mol. The summed E-state index contributed by atoms with van der Waals surface area (Å²) in [5.74, 6) is 1.59. The van der Waals surface area contributed by atoms with E-state index in [0.717, 1.165) is 22.7 Å². The van der Waals surface area contributed by atoms with Crippen molar-refractivity contribution in [2.24, 2.45) is 4.99 Å². The molecule has 4 nitrogen and oxygen atoms in total. The average Bonchev–Trinajstić information content (AvgIpc) is 2.65. The second-order valence-corrected chi connectivity index (χ2v) is 7.31. The fourth-order valence-corrected chi connectivity index (χ4v) is 3.45. The largest absolute Gasteiger partial charge is 0.496 e. The van der Waals surface area contributed by atoms with E-state index in [0.29, 0.717) is 6.61 Å². The Morgan fingerprint density at radius 3 is 2.59 bits per heavy atom. The summed E-state index contributed by atoms with van der Waals surface area (Å²) in [6.45, 7) is 9.17. The third-order valence-electron chi connectivity index (χ3n) is 5.08. The first-order valence-corrected chi connectivity index (χ1v) is 9.29. The van der Waals surface area contributed by atoms with Crippen LogP contribution < -0.4 is 14.4 Å². The average molecular weight is 364 g/mol. The lowest BCUT2D eigenvalue weighted by atomic mass is 9.88. The van der Waals surface area contributed by atoms with Gasteiger partial charge in [-0.25, -0.2) is 0 Å². The van der Waals surface area contributed by atoms with Crippen LogP contribution in [-0.2, 0) is 0 Å². The maximum Gasteiger partial charge on any atom is 0.144 e. The normalized spacial score (nSPS) is 15.5. The van der Waals surface area contributed by atoms with E-state index in [4.69, 9.17) is 9.47 Å². The number of para-hydroxylation sites is 2. The van der Waals surface area contributed by atoms with E-state index in [2.05, 4.69) is 55.9 Å². The van der Waals surface area contributed by atoms with Gasteiger partial charge in [-0.3, -0.25) is 4.99 Å². The summed E-state index contributed by atoms with van der Waals surface area (Å²) in [7, 11) is 3.82. The topological polar surface area (TPSA) is 34.1 Å². The van der Waals surface area contributed by atoms with E-state index in [1.165, 1.54) is 16.8 Å². The summed E-state index contributed by atoms with van der Waals surface area (Å²) >= 11 is 0. The summed E-state index contributed by atoms with van der Waals surface area (Å²) in [5, 5.41) is 0. The fourth-order valence-electron chi connectivity index (χ4n) is 3.45. The zero-order valence-corrected chi connectivity index (χ0v) is 17.0. The van der Waals surface area contributed by atoms with Crippen LogP contribution in [-0.4, -0.2) is 32.5 Å². The van der Waals surface area contributed by atoms with Crippen LogP contribution in [0.25, 0.3) is 5.57 Å². The van der Waals surface area contributed by atoms with Gasteiger partial charge in [-0.15, -0.1) is 0 Å². The van der Waals surface area contributed by atoms with Crippen LogP contribution in [0.5, 0.6) is 11.5 Å². The van der Waals surface area contributed by atoms with Crippen molar-refractivity contribution in [1.82, 2.24) is 0 Å². The van der Waals surface area contributed by atoms with Crippen LogP contribution in [0, 0.1) is 0 Å². The lowest BCUT2D eigenvalue weighted by Crippen LogP contribution is -2.42. The maximum absolute atomic E-state index is 5.67. The number of anilines is 1. The molecule has 27 heavy (non-hydrogen) atoms. The highest BCUT2D eigenvalue weighted by molar-refractivity contribution is 5.92. The molecule has 1 heterocycles. The van der Waals surface area contributed by atoms with Gasteiger partial charge >= 0.3 is 0 Å². The van der Waals surface area contributed by atoms with E-state index in [-0.39, 0.29) is 5.54 Å². The zero-order chi connectivity index (χ0) is 19.6. The van der Waals surface area contributed by atoms with Crippen LogP contribution in [0.4, 0.5) is 11.4 Å². The first-order chi connectivity index (χ1) is 12.9. The number of hydrogen-bond acceptors (Lipinski definition) is 4. The summed E-state index contributed by atoms with van der Waals surface area (Å²) in [6.07, 6.45) is 4.15. The Kier molecular flexibility index (Phi) is 5.26. The number of likely N-dealkylation sites (N-methyl/N-ethyl adjacent to an activating group) is 1. The number of hydrogen-bond donors (Lipinski definition) is 0. The van der Waals surface area contributed by atoms with Gasteiger partial charge in [-0.05, 0) is 51.5 Å². The van der Waals surface area contributed by atoms with Crippen molar-refractivity contribution >= 4 is 23.2 Å². The van der Waals surface area contributed by atoms with Gasteiger partial charge in [-0.2, -0.15) is 0 Å². The molecule has 0 N–H and O–H groups in total. The van der Waals surface area contributed by atoms with Crippen LogP contribution in [0.1, 0.15) is 38.8 Å². The highest BCUT2D eigenvalue weighted by Gasteiger charge is 2.29. The van der Waals surface area contributed by atoms with Crippen molar-refractivity contribution in [2.45, 2.75) is 33.2 Å². The van der Waals surface area contributed by atoms with Crippen molar-refractivity contribution in [3.05, 3.63) is 53.6 Å². The molecule has 0 fully saturated rings. The minimum atomic E-state index is -0.0336. The Hall–Kier alpha value is -2.75. The fraction of sp³-hybridized carbons (Fsp3) is 0.348. The predicted octanol–water partition coefficient (Wildman–Crippen LogP) is 5.48. The highest BCUT2D eigenvalue weighted by Crippen LogP contribution is 2.41. The monoisotopic (exact) mass is 364 g/mol. The number of allylic oxidation sites excluding steroid dienone is 1. The van der Waals surface area contributed by atoms with Gasteiger partial charge in [0, 0.05) is 36.1 Å². The van der Waals surface area contributed by atoms with Crippen molar-refractivity contribution in [3.8, 4) is 11.5 Å². The molecule has 0 saturated heterocycles. The van der Waals surface area contributed by atoms with E-state index >= 15 is 0 Å². The Morgan fingerprint density at radius 2 is 1.89 bits per heavy atom. The SMILES string of the molecule is CCOc1ccccc1N=Cc1cc2c(cc1OC)N(C)C(C)(C)C=C2C. The van der Waals surface area contributed by atoms with Crippen molar-refractivity contribution < 1.29 is 9.47 Å². The van der Waals surface area contributed by atoms with Gasteiger partial charge in [-0.1, -0.05) is 18.2 Å². The second-order valence-electron chi connectivity index (χ2n) is 7.31. The van der Waals surface area contributed by atoms with Crippen molar-refractivity contribution in [1.29, 1.82) is 0 Å². The molecule has 0 unspecified atom stereocenters. The van der Waals surface area contributed by atoms with Gasteiger partial charge in [0.1, 0.15) is 17.2 Å². The number of ether oxygens (including phenoxy) is 2. The zero-order valence-electron chi connectivity index (χ0n) is 17.0. The highest BCUT2D eigenvalue weighted by atomic mass is 16.5. The molecule has 0 aliphatic carbocycles. The van der Waals surface area contributed by atoms with Crippen LogP contribution in [0.3, 0.4) is 0 Å². The standard InChI is InChI=1S/C23H28N2O2/c1-7-27-21-11-9-8-10-19(21)24-15-17-12-18-16(2)14-23(3,4)25(5)20(18)13-22(17)26-6/h8-15H,7H2,1-6H3. The van der Waals surface area contributed by atoms with Gasteiger partial charge in [0.2, 0.25) is 0 Å². The third kappa shape index (κ3) is 3.70. The molecule has 1 aliphatic heterocycles. The van der Waals surface area contributed by atoms with Crippen LogP contribution >= 0.6 is 0 Å².